The van der Waals surface area contributed by atoms with E-state index in [0.29, 0.717) is 56.9 Å². The molecular formula is C58H94O25. The Labute approximate surface area is 483 Å². The van der Waals surface area contributed by atoms with Gasteiger partial charge in [0.2, 0.25) is 0 Å². The summed E-state index contributed by atoms with van der Waals surface area (Å²) in [6.45, 7) is 12.5. The Balaban J connectivity index is 1.03. The van der Waals surface area contributed by atoms with Crippen LogP contribution in [-0.4, -0.2) is 257 Å². The van der Waals surface area contributed by atoms with Gasteiger partial charge in [0.15, 0.2) is 25.2 Å². The summed E-state index contributed by atoms with van der Waals surface area (Å²) in [6, 6.07) is 0. The predicted molar refractivity (Wildman–Crippen MR) is 284 cm³/mol. The quantitative estimate of drug-likeness (QED) is 0.0349. The summed E-state index contributed by atoms with van der Waals surface area (Å²) < 4.78 is 55.5. The number of hydrogen-bond acceptors (Lipinski definition) is 25. The second-order valence-corrected chi connectivity index (χ2v) is 27.3. The van der Waals surface area contributed by atoms with E-state index in [0.717, 1.165) is 5.57 Å². The highest BCUT2D eigenvalue weighted by molar-refractivity contribution is 5.87. The molecule has 0 aromatic carbocycles. The van der Waals surface area contributed by atoms with E-state index in [2.05, 4.69) is 40.7 Å². The van der Waals surface area contributed by atoms with Crippen molar-refractivity contribution in [2.24, 2.45) is 50.2 Å². The van der Waals surface area contributed by atoms with Crippen molar-refractivity contribution < 1.29 is 124 Å². The Kier molecular flexibility index (Phi) is 19.3. The molecule has 4 heterocycles. The molecule has 0 unspecified atom stereocenters. The molecule has 4 saturated heterocycles. The second-order valence-electron chi connectivity index (χ2n) is 27.3. The van der Waals surface area contributed by atoms with Crippen LogP contribution < -0.4 is 0 Å². The van der Waals surface area contributed by atoms with Crippen molar-refractivity contribution in [1.29, 1.82) is 0 Å². The molecule has 8 fully saturated rings. The van der Waals surface area contributed by atoms with Crippen LogP contribution in [-0.2, 0) is 47.4 Å². The molecule has 9 aliphatic rings. The van der Waals surface area contributed by atoms with E-state index in [9.17, 15) is 81.4 Å². The lowest BCUT2D eigenvalue weighted by Crippen LogP contribution is -2.70. The van der Waals surface area contributed by atoms with Crippen LogP contribution >= 0.6 is 0 Å². The van der Waals surface area contributed by atoms with Crippen molar-refractivity contribution >= 4 is 5.97 Å². The zero-order valence-corrected chi connectivity index (χ0v) is 48.8. The fourth-order valence-electron chi connectivity index (χ4n) is 17.1. The lowest BCUT2D eigenvalue weighted by molar-refractivity contribution is -0.404. The van der Waals surface area contributed by atoms with Crippen molar-refractivity contribution in [3.63, 3.8) is 0 Å². The molecule has 5 aliphatic carbocycles. The van der Waals surface area contributed by atoms with Gasteiger partial charge in [-0.2, -0.15) is 0 Å². The molecule has 9 rings (SSSR count). The van der Waals surface area contributed by atoms with E-state index in [1.807, 2.05) is 6.92 Å². The van der Waals surface area contributed by atoms with Crippen LogP contribution in [0.15, 0.2) is 23.3 Å². The summed E-state index contributed by atoms with van der Waals surface area (Å²) in [5, 5.41) is 166. The number of aliphatic hydroxyl groups is 15. The van der Waals surface area contributed by atoms with Gasteiger partial charge in [-0.05, 0) is 105 Å². The van der Waals surface area contributed by atoms with Crippen LogP contribution in [0.2, 0.25) is 0 Å². The van der Waals surface area contributed by atoms with Crippen LogP contribution in [0.1, 0.15) is 107 Å². The standard InChI is InChI=1S/C58H94O25/c1-9-25(2)48(74)79-36-18-53(3,4)16-27-26-10-11-33-54(5)14-13-35(55(6,23-62)32(54)12-15-56(33,7)57(26,8)17-34(65)58(27,36)24-63)80-52-47(83-50-44(73)42(71)39(68)30(20-60)77-50)45(40(69)31(21-61)78-52)81-51-46(37(66)28(64)22-75-51)82-49-43(72)41(70)38(67)29(19-59)76-49/h9-10,27-47,49-52,59-73H,11-24H2,1-8H3/b25-9-/t27-,28-,29+,30+,31+,32+,33+,34+,35-,36-,37-,38+,39-,40+,41-,42-,43+,44+,45-,46+,47+,49-,50-,51-,52-,54-,55-,56+,57+,58-/m0/s1. The van der Waals surface area contributed by atoms with E-state index in [4.69, 9.17) is 42.6 Å². The third-order valence-corrected chi connectivity index (χ3v) is 22.3. The van der Waals surface area contributed by atoms with Gasteiger partial charge in [0.1, 0.15) is 97.7 Å². The van der Waals surface area contributed by atoms with Gasteiger partial charge >= 0.3 is 5.97 Å². The van der Waals surface area contributed by atoms with Crippen LogP contribution in [0.4, 0.5) is 0 Å². The van der Waals surface area contributed by atoms with Crippen molar-refractivity contribution in [2.45, 2.75) is 242 Å². The third-order valence-electron chi connectivity index (χ3n) is 22.3. The van der Waals surface area contributed by atoms with E-state index < -0.39 is 201 Å². The first kappa shape index (κ1) is 65.5. The number of esters is 1. The topological polar surface area (TPSA) is 404 Å². The molecule has 4 aliphatic heterocycles. The van der Waals surface area contributed by atoms with Crippen LogP contribution in [0.3, 0.4) is 0 Å². The number of rotatable bonds is 15. The average molecular weight is 1190 g/mol. The zero-order chi connectivity index (χ0) is 60.8. The minimum absolute atomic E-state index is 0.00637. The van der Waals surface area contributed by atoms with Gasteiger partial charge in [0, 0.05) is 11.0 Å². The zero-order valence-electron chi connectivity index (χ0n) is 48.8. The highest BCUT2D eigenvalue weighted by atomic mass is 16.8. The summed E-state index contributed by atoms with van der Waals surface area (Å²) in [4.78, 5) is 13.4. The summed E-state index contributed by atoms with van der Waals surface area (Å²) in [5.41, 5.74) is -2.41. The van der Waals surface area contributed by atoms with E-state index in [1.54, 1.807) is 19.9 Å². The molecule has 4 saturated carbocycles. The Morgan fingerprint density at radius 3 is 1.73 bits per heavy atom. The summed E-state index contributed by atoms with van der Waals surface area (Å²) in [7, 11) is 0. The molecule has 0 bridgehead atoms. The van der Waals surface area contributed by atoms with Gasteiger partial charge < -0.3 is 119 Å². The molecule has 83 heavy (non-hydrogen) atoms. The van der Waals surface area contributed by atoms with Crippen molar-refractivity contribution in [1.82, 2.24) is 0 Å². The molecule has 0 aromatic heterocycles. The Morgan fingerprint density at radius 1 is 0.602 bits per heavy atom. The average Bonchev–Trinajstić information content (AvgIpc) is 0.863. The highest BCUT2D eigenvalue weighted by Gasteiger charge is 2.72. The largest absolute Gasteiger partial charge is 0.458 e. The van der Waals surface area contributed by atoms with Gasteiger partial charge in [0.05, 0.1) is 57.3 Å². The van der Waals surface area contributed by atoms with Gasteiger partial charge in [-0.15, -0.1) is 0 Å². The number of fused-ring (bicyclic) bond motifs is 7. The lowest BCUT2D eigenvalue weighted by atomic mass is 9.33. The summed E-state index contributed by atoms with van der Waals surface area (Å²) in [5.74, 6) is -1.04. The first-order valence-corrected chi connectivity index (χ1v) is 29.6. The maximum absolute atomic E-state index is 13.4. The lowest BCUT2D eigenvalue weighted by Gasteiger charge is -2.72. The van der Waals surface area contributed by atoms with Gasteiger partial charge in [-0.3, -0.25) is 0 Å². The van der Waals surface area contributed by atoms with Crippen LogP contribution in [0, 0.1) is 50.2 Å². The molecule has 0 radical (unpaired) electrons. The first-order chi connectivity index (χ1) is 39.0. The monoisotopic (exact) mass is 1190 g/mol. The first-order valence-electron chi connectivity index (χ1n) is 29.6. The molecule has 0 aromatic rings. The molecule has 25 nitrogen and oxygen atoms in total. The molecule has 25 heteroatoms. The molecule has 0 spiro atoms. The molecular weight excluding hydrogens is 1100 g/mol. The molecule has 0 amide bonds. The highest BCUT2D eigenvalue weighted by Crippen LogP contribution is 2.76. The molecule has 476 valence electrons. The van der Waals surface area contributed by atoms with Crippen molar-refractivity contribution in [3.8, 4) is 0 Å². The maximum atomic E-state index is 13.4. The summed E-state index contributed by atoms with van der Waals surface area (Å²) in [6.07, 6.45) is -28.8. The minimum atomic E-state index is -2.02. The van der Waals surface area contributed by atoms with Crippen molar-refractivity contribution in [2.75, 3.05) is 39.6 Å². The number of ether oxygens (including phenoxy) is 9. The van der Waals surface area contributed by atoms with Gasteiger partial charge in [-0.25, -0.2) is 4.79 Å². The summed E-state index contributed by atoms with van der Waals surface area (Å²) >= 11 is 0. The normalized spacial score (nSPS) is 52.7. The minimum Gasteiger partial charge on any atom is -0.458 e. The fourth-order valence-corrected chi connectivity index (χ4v) is 17.1. The number of carbonyl (C=O) groups is 1. The van der Waals surface area contributed by atoms with E-state index in [-0.39, 0.29) is 29.8 Å². The Bertz CT molecular complexity index is 2320. The third kappa shape index (κ3) is 10.8. The maximum Gasteiger partial charge on any atom is 0.333 e. The number of hydrogen-bond donors (Lipinski definition) is 15. The SMILES string of the molecule is C/C=C(/C)C(=O)O[C@H]1CC(C)(C)C[C@H]2C3=CC[C@@H]4[C@@]5(C)CC[C@H](O[C@@H]6O[C@H](CO)[C@@H](O)[C@H](O[C@@H]7OC[C@H](O)[C@H](O)[C@H]7O[C@@H]7O[C@H](CO)[C@@H](O)[C@H](O)[C@H]7O)[C@H]6O[C@@H]6O[C@H](CO)[C@H](O)[C@H](O)[C@H]6O)[C@@](C)(CO)[C@@H]5CC[C@@]4(C)[C@]3(C)C[C@@H](O)[C@@]12CO. The number of carbonyl (C=O) groups excluding carboxylic acids is 1. The Hall–Kier alpha value is -1.97. The fraction of sp³-hybridized carbons (Fsp3) is 0.914. The van der Waals surface area contributed by atoms with Crippen molar-refractivity contribution in [3.05, 3.63) is 23.3 Å². The van der Waals surface area contributed by atoms with Crippen LogP contribution in [0.5, 0.6) is 0 Å². The Morgan fingerprint density at radius 2 is 1.17 bits per heavy atom. The molecule has 15 N–H and O–H groups in total. The van der Waals surface area contributed by atoms with Gasteiger partial charge in [0.25, 0.3) is 0 Å². The van der Waals surface area contributed by atoms with E-state index >= 15 is 0 Å². The van der Waals surface area contributed by atoms with E-state index in [1.165, 1.54) is 0 Å². The number of allylic oxidation sites excluding steroid dienone is 3. The smallest absolute Gasteiger partial charge is 0.333 e. The predicted octanol–water partition coefficient (Wildman–Crippen LogP) is -2.49. The number of aliphatic hydroxyl groups excluding tert-OH is 15. The van der Waals surface area contributed by atoms with Gasteiger partial charge in [-0.1, -0.05) is 59.3 Å². The second kappa shape index (κ2) is 24.4. The molecule has 30 atom stereocenters. The van der Waals surface area contributed by atoms with Crippen LogP contribution in [0.25, 0.3) is 0 Å².